The Kier molecular flexibility index (Phi) is 5.52. The van der Waals surface area contributed by atoms with Gasteiger partial charge in [0.05, 0.1) is 12.7 Å². The van der Waals surface area contributed by atoms with Crippen LogP contribution in [0, 0.1) is 0 Å². The third-order valence-electron chi connectivity index (χ3n) is 3.33. The highest BCUT2D eigenvalue weighted by Crippen LogP contribution is 2.18. The minimum Gasteiger partial charge on any atom is -0.394 e. The molecule has 0 saturated carbocycles. The lowest BCUT2D eigenvalue weighted by Crippen LogP contribution is -2.26. The summed E-state index contributed by atoms with van der Waals surface area (Å²) in [7, 11) is 1.73. The van der Waals surface area contributed by atoms with E-state index in [1.54, 1.807) is 24.1 Å². The maximum absolute atomic E-state index is 12.3. The van der Waals surface area contributed by atoms with E-state index >= 15 is 0 Å². The normalized spacial score (nSPS) is 11.8. The number of anilines is 2. The van der Waals surface area contributed by atoms with E-state index in [0.717, 1.165) is 11.4 Å². The zero-order chi connectivity index (χ0) is 15.9. The molecule has 3 N–H and O–H groups in total. The molecule has 2 rings (SSSR count). The van der Waals surface area contributed by atoms with Crippen LogP contribution in [-0.4, -0.2) is 42.4 Å². The molecule has 0 saturated heterocycles. The Morgan fingerprint density at radius 1 is 1.14 bits per heavy atom. The summed E-state index contributed by atoms with van der Waals surface area (Å²) in [6, 6.07) is 16.4. The van der Waals surface area contributed by atoms with Gasteiger partial charge in [-0.05, 0) is 36.4 Å². The van der Waals surface area contributed by atoms with Crippen molar-refractivity contribution in [3.8, 4) is 0 Å². The molecule has 0 aliphatic rings. The van der Waals surface area contributed by atoms with Crippen LogP contribution >= 0.6 is 0 Å². The lowest BCUT2D eigenvalue weighted by molar-refractivity contribution is 0.0993. The van der Waals surface area contributed by atoms with Gasteiger partial charge in [0.1, 0.15) is 0 Å². The first kappa shape index (κ1) is 16.0. The molecule has 22 heavy (non-hydrogen) atoms. The number of hydrogen-bond donors (Lipinski definition) is 3. The van der Waals surface area contributed by atoms with Gasteiger partial charge in [0.25, 0.3) is 5.91 Å². The molecule has 0 heterocycles. The zero-order valence-corrected chi connectivity index (χ0v) is 12.4. The zero-order valence-electron chi connectivity index (χ0n) is 12.4. The second-order valence-electron chi connectivity index (χ2n) is 4.99. The molecule has 0 spiro atoms. The number of nitrogens with zero attached hydrogens (tertiary/aromatic N) is 1. The van der Waals surface area contributed by atoms with Crippen molar-refractivity contribution in [3.05, 3.63) is 60.2 Å². The van der Waals surface area contributed by atoms with Crippen molar-refractivity contribution in [2.45, 2.75) is 6.10 Å². The number of hydrogen-bond acceptors (Lipinski definition) is 4. The van der Waals surface area contributed by atoms with Crippen LogP contribution in [0.25, 0.3) is 0 Å². The fraction of sp³-hybridized carbons (Fsp3) is 0.235. The molecule has 5 heteroatoms. The van der Waals surface area contributed by atoms with Crippen LogP contribution in [0.4, 0.5) is 11.4 Å². The highest BCUT2D eigenvalue weighted by Gasteiger charge is 2.12. The van der Waals surface area contributed by atoms with Crippen molar-refractivity contribution in [1.82, 2.24) is 0 Å². The van der Waals surface area contributed by atoms with Crippen molar-refractivity contribution in [2.24, 2.45) is 0 Å². The molecule has 1 atom stereocenters. The van der Waals surface area contributed by atoms with Crippen molar-refractivity contribution in [2.75, 3.05) is 30.4 Å². The molecule has 116 valence electrons. The number of carbonyl (C=O) groups is 1. The van der Waals surface area contributed by atoms with Gasteiger partial charge in [-0.2, -0.15) is 0 Å². The third-order valence-corrected chi connectivity index (χ3v) is 3.33. The summed E-state index contributed by atoms with van der Waals surface area (Å²) in [4.78, 5) is 13.9. The Labute approximate surface area is 129 Å². The van der Waals surface area contributed by atoms with E-state index in [-0.39, 0.29) is 19.1 Å². The fourth-order valence-electron chi connectivity index (χ4n) is 1.99. The molecule has 5 nitrogen and oxygen atoms in total. The first-order valence-electron chi connectivity index (χ1n) is 7.08. The monoisotopic (exact) mass is 300 g/mol. The Morgan fingerprint density at radius 2 is 1.77 bits per heavy atom. The summed E-state index contributed by atoms with van der Waals surface area (Å²) in [5.41, 5.74) is 2.23. The van der Waals surface area contributed by atoms with Gasteiger partial charge >= 0.3 is 0 Å². The van der Waals surface area contributed by atoms with Gasteiger partial charge in [0, 0.05) is 30.5 Å². The molecule has 1 unspecified atom stereocenters. The molecular weight excluding hydrogens is 280 g/mol. The average Bonchev–Trinajstić information content (AvgIpc) is 2.59. The smallest absolute Gasteiger partial charge is 0.258 e. The third kappa shape index (κ3) is 4.07. The van der Waals surface area contributed by atoms with Crippen LogP contribution in [0.15, 0.2) is 54.6 Å². The van der Waals surface area contributed by atoms with Crippen molar-refractivity contribution < 1.29 is 15.0 Å². The molecule has 1 amide bonds. The molecular formula is C17H20N2O3. The molecule has 0 fully saturated rings. The number of aliphatic hydroxyl groups excluding tert-OH is 2. The van der Waals surface area contributed by atoms with E-state index in [1.807, 2.05) is 42.5 Å². The molecule has 0 aliphatic heterocycles. The first-order chi connectivity index (χ1) is 10.6. The molecule has 2 aromatic rings. The van der Waals surface area contributed by atoms with E-state index in [0.29, 0.717) is 5.56 Å². The van der Waals surface area contributed by atoms with E-state index < -0.39 is 6.10 Å². The summed E-state index contributed by atoms with van der Waals surface area (Å²) in [6.07, 6.45) is -0.790. The van der Waals surface area contributed by atoms with Crippen LogP contribution < -0.4 is 10.2 Å². The molecule has 0 radical (unpaired) electrons. The minimum absolute atomic E-state index is 0.0722. The van der Waals surface area contributed by atoms with Gasteiger partial charge in [-0.15, -0.1) is 0 Å². The van der Waals surface area contributed by atoms with Gasteiger partial charge < -0.3 is 20.4 Å². The quantitative estimate of drug-likeness (QED) is 0.759. The predicted octanol–water partition coefficient (Wildman–Crippen LogP) is 1.73. The van der Waals surface area contributed by atoms with Crippen LogP contribution in [-0.2, 0) is 0 Å². The number of rotatable bonds is 6. The molecule has 0 aromatic heterocycles. The Bertz CT molecular complexity index is 599. The largest absolute Gasteiger partial charge is 0.394 e. The summed E-state index contributed by atoms with van der Waals surface area (Å²) in [5.74, 6) is -0.0722. The Hall–Kier alpha value is -2.37. The SMILES string of the molecule is CN(C(=O)c1ccccc1)c1ccc(NCC(O)CO)cc1. The van der Waals surface area contributed by atoms with Crippen LogP contribution in [0.2, 0.25) is 0 Å². The Balaban J connectivity index is 2.02. The predicted molar refractivity (Wildman–Crippen MR) is 87.2 cm³/mol. The molecule has 0 bridgehead atoms. The van der Waals surface area contributed by atoms with E-state index in [1.165, 1.54) is 0 Å². The van der Waals surface area contributed by atoms with Crippen molar-refractivity contribution in [3.63, 3.8) is 0 Å². The van der Waals surface area contributed by atoms with E-state index in [4.69, 9.17) is 5.11 Å². The Morgan fingerprint density at radius 3 is 2.36 bits per heavy atom. The molecule has 2 aromatic carbocycles. The summed E-state index contributed by atoms with van der Waals surface area (Å²) < 4.78 is 0. The summed E-state index contributed by atoms with van der Waals surface area (Å²) in [5, 5.41) is 21.1. The van der Waals surface area contributed by atoms with E-state index in [2.05, 4.69) is 5.32 Å². The van der Waals surface area contributed by atoms with Gasteiger partial charge in [-0.1, -0.05) is 18.2 Å². The van der Waals surface area contributed by atoms with E-state index in [9.17, 15) is 9.90 Å². The molecule has 0 aliphatic carbocycles. The maximum atomic E-state index is 12.3. The number of nitrogens with one attached hydrogen (secondary N) is 1. The second-order valence-corrected chi connectivity index (χ2v) is 4.99. The second kappa shape index (κ2) is 7.59. The standard InChI is InChI=1S/C17H20N2O3/c1-19(17(22)13-5-3-2-4-6-13)15-9-7-14(8-10-15)18-11-16(21)12-20/h2-10,16,18,20-21H,11-12H2,1H3. The van der Waals surface area contributed by atoms with Crippen LogP contribution in [0.3, 0.4) is 0 Å². The van der Waals surface area contributed by atoms with Gasteiger partial charge in [0.2, 0.25) is 0 Å². The average molecular weight is 300 g/mol. The fourth-order valence-corrected chi connectivity index (χ4v) is 1.99. The lowest BCUT2D eigenvalue weighted by Gasteiger charge is -2.18. The number of aliphatic hydroxyl groups is 2. The topological polar surface area (TPSA) is 72.8 Å². The van der Waals surface area contributed by atoms with Crippen LogP contribution in [0.1, 0.15) is 10.4 Å². The maximum Gasteiger partial charge on any atom is 0.258 e. The van der Waals surface area contributed by atoms with Gasteiger partial charge in [-0.3, -0.25) is 4.79 Å². The lowest BCUT2D eigenvalue weighted by atomic mass is 10.2. The minimum atomic E-state index is -0.790. The highest BCUT2D eigenvalue weighted by molar-refractivity contribution is 6.05. The number of carbonyl (C=O) groups excluding carboxylic acids is 1. The van der Waals surface area contributed by atoms with Gasteiger partial charge in [-0.25, -0.2) is 0 Å². The van der Waals surface area contributed by atoms with Crippen LogP contribution in [0.5, 0.6) is 0 Å². The number of amides is 1. The van der Waals surface area contributed by atoms with Crippen molar-refractivity contribution in [1.29, 1.82) is 0 Å². The summed E-state index contributed by atoms with van der Waals surface area (Å²) in [6.45, 7) is -0.00592. The van der Waals surface area contributed by atoms with Gasteiger partial charge in [0.15, 0.2) is 0 Å². The number of benzene rings is 2. The first-order valence-corrected chi connectivity index (χ1v) is 7.08. The summed E-state index contributed by atoms with van der Waals surface area (Å²) >= 11 is 0. The van der Waals surface area contributed by atoms with Crippen molar-refractivity contribution >= 4 is 17.3 Å². The highest BCUT2D eigenvalue weighted by atomic mass is 16.3.